The van der Waals surface area contributed by atoms with Crippen molar-refractivity contribution < 1.29 is 14.5 Å². The highest BCUT2D eigenvalue weighted by Gasteiger charge is 2.18. The summed E-state index contributed by atoms with van der Waals surface area (Å²) in [6.07, 6.45) is 0.865. The number of carbonyl (C=O) groups excluding carboxylic acids is 2. The van der Waals surface area contributed by atoms with Gasteiger partial charge in [-0.25, -0.2) is 0 Å². The molecule has 9 nitrogen and oxygen atoms in total. The molecule has 150 valence electrons. The lowest BCUT2D eigenvalue weighted by Crippen LogP contribution is -2.44. The molecule has 1 aromatic rings. The molecule has 0 aliphatic carbocycles. The Morgan fingerprint density at radius 3 is 2.67 bits per heavy atom. The third-order valence-corrected chi connectivity index (χ3v) is 5.04. The number of nitrogens with one attached hydrogen (secondary N) is 2. The molecule has 0 radical (unpaired) electrons. The second kappa shape index (κ2) is 11.8. The van der Waals surface area contributed by atoms with E-state index in [4.69, 9.17) is 5.73 Å². The van der Waals surface area contributed by atoms with E-state index < -0.39 is 10.8 Å². The molecule has 0 saturated carbocycles. The number of nitro groups is 1. The van der Waals surface area contributed by atoms with Crippen LogP contribution in [-0.2, 0) is 4.79 Å². The van der Waals surface area contributed by atoms with E-state index in [2.05, 4.69) is 15.5 Å². The molecule has 27 heavy (non-hydrogen) atoms. The summed E-state index contributed by atoms with van der Waals surface area (Å²) in [5.41, 5.74) is 4.98. The third-order valence-electron chi connectivity index (χ3n) is 3.98. The fourth-order valence-electron chi connectivity index (χ4n) is 2.59. The Morgan fingerprint density at radius 1 is 1.33 bits per heavy atom. The second-order valence-corrected chi connectivity index (χ2v) is 6.90. The number of benzene rings is 1. The molecular formula is C16H24ClN5O4S. The van der Waals surface area contributed by atoms with Gasteiger partial charge in [-0.05, 0) is 25.1 Å². The van der Waals surface area contributed by atoms with Gasteiger partial charge in [-0.3, -0.25) is 19.7 Å². The van der Waals surface area contributed by atoms with E-state index >= 15 is 0 Å². The predicted molar refractivity (Wildman–Crippen MR) is 107 cm³/mol. The minimum Gasteiger partial charge on any atom is -0.366 e. The highest BCUT2D eigenvalue weighted by molar-refractivity contribution is 8.00. The first kappa shape index (κ1) is 23.2. The zero-order valence-corrected chi connectivity index (χ0v) is 16.4. The van der Waals surface area contributed by atoms with E-state index in [1.54, 1.807) is 0 Å². The molecule has 1 saturated heterocycles. The van der Waals surface area contributed by atoms with Crippen LogP contribution >= 0.6 is 24.2 Å². The molecule has 0 unspecified atom stereocenters. The first-order valence-corrected chi connectivity index (χ1v) is 9.37. The van der Waals surface area contributed by atoms with E-state index in [0.717, 1.165) is 57.0 Å². The van der Waals surface area contributed by atoms with Crippen LogP contribution in [-0.4, -0.2) is 66.7 Å². The van der Waals surface area contributed by atoms with Crippen LogP contribution < -0.4 is 16.4 Å². The molecule has 1 aliphatic rings. The molecule has 1 heterocycles. The molecular weight excluding hydrogens is 394 g/mol. The molecule has 2 amide bonds. The van der Waals surface area contributed by atoms with E-state index in [1.807, 2.05) is 0 Å². The van der Waals surface area contributed by atoms with Crippen molar-refractivity contribution in [2.75, 3.05) is 45.0 Å². The van der Waals surface area contributed by atoms with Crippen molar-refractivity contribution in [2.45, 2.75) is 11.3 Å². The first-order valence-electron chi connectivity index (χ1n) is 8.38. The quantitative estimate of drug-likeness (QED) is 0.232. The van der Waals surface area contributed by atoms with Crippen LogP contribution in [0.4, 0.5) is 5.69 Å². The van der Waals surface area contributed by atoms with Crippen LogP contribution in [0, 0.1) is 10.1 Å². The highest BCUT2D eigenvalue weighted by Crippen LogP contribution is 2.29. The number of hydrogen-bond donors (Lipinski definition) is 3. The Bertz CT molecular complexity index is 670. The molecule has 0 atom stereocenters. The monoisotopic (exact) mass is 417 g/mol. The van der Waals surface area contributed by atoms with E-state index in [1.165, 1.54) is 12.1 Å². The van der Waals surface area contributed by atoms with Crippen LogP contribution in [0.5, 0.6) is 0 Å². The molecule has 11 heteroatoms. The number of rotatable bonds is 9. The van der Waals surface area contributed by atoms with Crippen molar-refractivity contribution in [1.29, 1.82) is 0 Å². The molecule has 1 aliphatic heterocycles. The maximum Gasteiger partial charge on any atom is 0.283 e. The lowest BCUT2D eigenvalue weighted by Gasteiger charge is -2.27. The number of nitrogens with two attached hydrogens (primary N) is 1. The SMILES string of the molecule is Cl.NC(=O)c1ccc(SCC(=O)NCCCN2CCNCC2)c([N+](=O)[O-])c1. The Hall–Kier alpha value is -1.88. The highest BCUT2D eigenvalue weighted by atomic mass is 35.5. The van der Waals surface area contributed by atoms with Crippen LogP contribution in [0.15, 0.2) is 23.1 Å². The zero-order chi connectivity index (χ0) is 18.9. The van der Waals surface area contributed by atoms with Gasteiger partial charge in [0.05, 0.1) is 15.6 Å². The summed E-state index contributed by atoms with van der Waals surface area (Å²) in [4.78, 5) is 36.3. The molecule has 2 rings (SSSR count). The largest absolute Gasteiger partial charge is 0.366 e. The molecule has 1 fully saturated rings. The van der Waals surface area contributed by atoms with Crippen molar-refractivity contribution >= 4 is 41.7 Å². The summed E-state index contributed by atoms with van der Waals surface area (Å²) in [7, 11) is 0. The smallest absolute Gasteiger partial charge is 0.283 e. The maximum atomic E-state index is 11.9. The fourth-order valence-corrected chi connectivity index (χ4v) is 3.43. The summed E-state index contributed by atoms with van der Waals surface area (Å²) in [6, 6.07) is 4.00. The van der Waals surface area contributed by atoms with Gasteiger partial charge >= 0.3 is 0 Å². The summed E-state index contributed by atoms with van der Waals surface area (Å²) in [5, 5.41) is 17.2. The molecule has 0 aromatic heterocycles. The van der Waals surface area contributed by atoms with Gasteiger partial charge in [0.25, 0.3) is 5.69 Å². The number of amides is 2. The number of thioether (sulfide) groups is 1. The number of piperazine rings is 1. The van der Waals surface area contributed by atoms with Gasteiger partial charge in [0.2, 0.25) is 11.8 Å². The Balaban J connectivity index is 0.00000364. The first-order chi connectivity index (χ1) is 12.5. The molecule has 4 N–H and O–H groups in total. The average molecular weight is 418 g/mol. The summed E-state index contributed by atoms with van der Waals surface area (Å²) >= 11 is 1.07. The Labute approximate surface area is 168 Å². The Morgan fingerprint density at radius 2 is 2.04 bits per heavy atom. The van der Waals surface area contributed by atoms with Crippen molar-refractivity contribution in [1.82, 2.24) is 15.5 Å². The van der Waals surface area contributed by atoms with Gasteiger partial charge in [0.1, 0.15) is 0 Å². The Kier molecular flexibility index (Phi) is 10.1. The summed E-state index contributed by atoms with van der Waals surface area (Å²) in [6.45, 7) is 5.55. The van der Waals surface area contributed by atoms with Gasteiger partial charge in [0, 0.05) is 44.4 Å². The minimum atomic E-state index is -0.730. The molecule has 0 bridgehead atoms. The van der Waals surface area contributed by atoms with Crippen LogP contribution in [0.25, 0.3) is 0 Å². The summed E-state index contributed by atoms with van der Waals surface area (Å²) < 4.78 is 0. The predicted octanol–water partition coefficient (Wildman–Crippen LogP) is 0.619. The van der Waals surface area contributed by atoms with Gasteiger partial charge in [0.15, 0.2) is 0 Å². The topological polar surface area (TPSA) is 131 Å². The van der Waals surface area contributed by atoms with Crippen LogP contribution in [0.2, 0.25) is 0 Å². The average Bonchev–Trinajstić information content (AvgIpc) is 2.64. The van der Waals surface area contributed by atoms with Gasteiger partial charge in [-0.15, -0.1) is 24.2 Å². The standard InChI is InChI=1S/C16H23N5O4S.ClH/c17-16(23)12-2-3-14(13(10-12)21(24)25)26-11-15(22)19-4-1-7-20-8-5-18-6-9-20;/h2-3,10,18H,1,4-9,11H2,(H2,17,23)(H,19,22);1H. The number of hydrogen-bond acceptors (Lipinski definition) is 7. The normalized spacial score (nSPS) is 14.2. The van der Waals surface area contributed by atoms with Crippen molar-refractivity contribution in [2.24, 2.45) is 5.73 Å². The minimum absolute atomic E-state index is 0. The third kappa shape index (κ3) is 7.71. The lowest BCUT2D eigenvalue weighted by atomic mass is 10.2. The number of nitrogens with zero attached hydrogens (tertiary/aromatic N) is 2. The number of carbonyl (C=O) groups is 2. The number of halogens is 1. The van der Waals surface area contributed by atoms with Gasteiger partial charge in [-0.1, -0.05) is 0 Å². The second-order valence-electron chi connectivity index (χ2n) is 5.89. The summed E-state index contributed by atoms with van der Waals surface area (Å²) in [5.74, 6) is -0.833. The van der Waals surface area contributed by atoms with Crippen molar-refractivity contribution in [3.05, 3.63) is 33.9 Å². The maximum absolute atomic E-state index is 11.9. The van der Waals surface area contributed by atoms with Crippen molar-refractivity contribution in [3.63, 3.8) is 0 Å². The molecule has 0 spiro atoms. The number of nitro benzene ring substituents is 1. The fraction of sp³-hybridized carbons (Fsp3) is 0.500. The van der Waals surface area contributed by atoms with E-state index in [0.29, 0.717) is 11.4 Å². The van der Waals surface area contributed by atoms with Gasteiger partial charge < -0.3 is 21.3 Å². The van der Waals surface area contributed by atoms with Crippen LogP contribution in [0.3, 0.4) is 0 Å². The zero-order valence-electron chi connectivity index (χ0n) is 14.8. The van der Waals surface area contributed by atoms with Gasteiger partial charge in [-0.2, -0.15) is 0 Å². The van der Waals surface area contributed by atoms with Crippen molar-refractivity contribution in [3.8, 4) is 0 Å². The van der Waals surface area contributed by atoms with E-state index in [-0.39, 0.29) is 35.3 Å². The molecule has 1 aromatic carbocycles. The lowest BCUT2D eigenvalue weighted by molar-refractivity contribution is -0.387. The number of primary amides is 1. The van der Waals surface area contributed by atoms with Crippen LogP contribution in [0.1, 0.15) is 16.8 Å². The van der Waals surface area contributed by atoms with E-state index in [9.17, 15) is 19.7 Å².